The van der Waals surface area contributed by atoms with Crippen molar-refractivity contribution >= 4 is 29.1 Å². The first-order chi connectivity index (χ1) is 14.9. The van der Waals surface area contributed by atoms with E-state index in [1.54, 1.807) is 4.90 Å². The molecule has 0 spiro atoms. The fourth-order valence-electron chi connectivity index (χ4n) is 4.64. The van der Waals surface area contributed by atoms with Gasteiger partial charge in [0.15, 0.2) is 0 Å². The minimum absolute atomic E-state index is 0.00717. The molecule has 2 fully saturated rings. The molecule has 2 aromatic carbocycles. The fraction of sp³-hybridized carbons (Fsp3) is 0.400. The molecule has 3 amide bonds. The van der Waals surface area contributed by atoms with Gasteiger partial charge in [0.2, 0.25) is 17.7 Å². The summed E-state index contributed by atoms with van der Waals surface area (Å²) in [4.78, 5) is 41.7. The molecule has 6 nitrogen and oxygen atoms in total. The Bertz CT molecular complexity index is 961. The van der Waals surface area contributed by atoms with E-state index in [2.05, 4.69) is 11.4 Å². The molecule has 0 aliphatic carbocycles. The Morgan fingerprint density at radius 2 is 1.58 bits per heavy atom. The van der Waals surface area contributed by atoms with E-state index in [9.17, 15) is 14.4 Å². The van der Waals surface area contributed by atoms with Crippen LogP contribution in [0.3, 0.4) is 0 Å². The number of aryl methyl sites for hydroxylation is 2. The minimum Gasteiger partial charge on any atom is -0.342 e. The number of likely N-dealkylation sites (tertiary alicyclic amines) is 1. The predicted octanol–water partition coefficient (Wildman–Crippen LogP) is 3.53. The van der Waals surface area contributed by atoms with Crippen molar-refractivity contribution in [1.82, 2.24) is 4.90 Å². The Morgan fingerprint density at radius 1 is 0.935 bits per heavy atom. The number of nitrogens with one attached hydrogen (secondary N) is 1. The third-order valence-corrected chi connectivity index (χ3v) is 6.21. The maximum atomic E-state index is 13.0. The smallest absolute Gasteiger partial charge is 0.228 e. The molecule has 2 saturated heterocycles. The monoisotopic (exact) mass is 419 g/mol. The van der Waals surface area contributed by atoms with Gasteiger partial charge in [-0.25, -0.2) is 0 Å². The molecule has 0 bridgehead atoms. The lowest BCUT2D eigenvalue weighted by atomic mass is 9.94. The highest BCUT2D eigenvalue weighted by atomic mass is 16.2. The Hall–Kier alpha value is -3.15. The highest BCUT2D eigenvalue weighted by Crippen LogP contribution is 2.28. The van der Waals surface area contributed by atoms with Crippen LogP contribution in [0.15, 0.2) is 48.5 Å². The van der Waals surface area contributed by atoms with E-state index in [0.29, 0.717) is 32.5 Å². The number of rotatable bonds is 4. The molecule has 31 heavy (non-hydrogen) atoms. The van der Waals surface area contributed by atoms with Crippen LogP contribution in [0.4, 0.5) is 11.4 Å². The number of piperidine rings is 1. The van der Waals surface area contributed by atoms with E-state index in [4.69, 9.17) is 0 Å². The molecule has 2 aliphatic rings. The second kappa shape index (κ2) is 8.92. The number of hydrogen-bond donors (Lipinski definition) is 1. The van der Waals surface area contributed by atoms with Crippen LogP contribution >= 0.6 is 0 Å². The first-order valence-corrected chi connectivity index (χ1v) is 10.9. The second-order valence-electron chi connectivity index (χ2n) is 8.71. The van der Waals surface area contributed by atoms with Crippen molar-refractivity contribution in [3.05, 3.63) is 59.7 Å². The van der Waals surface area contributed by atoms with Crippen LogP contribution in [0.1, 0.15) is 30.4 Å². The molecule has 1 atom stereocenters. The molecule has 0 radical (unpaired) electrons. The summed E-state index contributed by atoms with van der Waals surface area (Å²) in [5.74, 6) is -0.375. The molecule has 2 heterocycles. The van der Waals surface area contributed by atoms with Crippen molar-refractivity contribution in [2.45, 2.75) is 33.1 Å². The van der Waals surface area contributed by atoms with Crippen LogP contribution < -0.4 is 10.2 Å². The van der Waals surface area contributed by atoms with Crippen molar-refractivity contribution in [1.29, 1.82) is 0 Å². The summed E-state index contributed by atoms with van der Waals surface area (Å²) in [7, 11) is 0. The zero-order valence-corrected chi connectivity index (χ0v) is 18.1. The Balaban J connectivity index is 1.31. The topological polar surface area (TPSA) is 69.7 Å². The summed E-state index contributed by atoms with van der Waals surface area (Å²) in [6.07, 6.45) is 1.54. The molecule has 1 N–H and O–H groups in total. The number of para-hydroxylation sites is 1. The van der Waals surface area contributed by atoms with Crippen molar-refractivity contribution < 1.29 is 14.4 Å². The van der Waals surface area contributed by atoms with E-state index in [1.807, 2.05) is 61.2 Å². The van der Waals surface area contributed by atoms with Crippen LogP contribution in [0.2, 0.25) is 0 Å². The summed E-state index contributed by atoms with van der Waals surface area (Å²) < 4.78 is 0. The van der Waals surface area contributed by atoms with E-state index < -0.39 is 0 Å². The van der Waals surface area contributed by atoms with Crippen LogP contribution in [0.5, 0.6) is 0 Å². The standard InChI is InChI=1S/C25H29N3O3/c1-17-12-18(2)14-21(13-17)26-24(30)19-8-10-27(11-9-19)25(31)20-15-23(29)28(16-20)22-6-4-3-5-7-22/h3-7,12-14,19-20H,8-11,15-16H2,1-2H3,(H,26,30). The van der Waals surface area contributed by atoms with Crippen LogP contribution in [0, 0.1) is 25.7 Å². The zero-order valence-electron chi connectivity index (χ0n) is 18.1. The van der Waals surface area contributed by atoms with Gasteiger partial charge in [-0.15, -0.1) is 0 Å². The number of hydrogen-bond acceptors (Lipinski definition) is 3. The maximum Gasteiger partial charge on any atom is 0.228 e. The van der Waals surface area contributed by atoms with E-state index in [0.717, 1.165) is 22.5 Å². The average Bonchev–Trinajstić information content (AvgIpc) is 3.15. The first kappa shape index (κ1) is 21.1. The molecule has 2 aromatic rings. The lowest BCUT2D eigenvalue weighted by molar-refractivity contribution is -0.138. The van der Waals surface area contributed by atoms with Crippen molar-refractivity contribution in [2.75, 3.05) is 29.9 Å². The SMILES string of the molecule is Cc1cc(C)cc(NC(=O)C2CCN(C(=O)C3CC(=O)N(c4ccccc4)C3)CC2)c1. The summed E-state index contributed by atoms with van der Waals surface area (Å²) in [6.45, 7) is 5.56. The van der Waals surface area contributed by atoms with Gasteiger partial charge in [0, 0.05) is 43.3 Å². The van der Waals surface area contributed by atoms with Crippen LogP contribution in [-0.4, -0.2) is 42.3 Å². The van der Waals surface area contributed by atoms with Gasteiger partial charge in [0.1, 0.15) is 0 Å². The van der Waals surface area contributed by atoms with Gasteiger partial charge in [0.05, 0.1) is 5.92 Å². The maximum absolute atomic E-state index is 13.0. The van der Waals surface area contributed by atoms with Gasteiger partial charge >= 0.3 is 0 Å². The molecule has 1 unspecified atom stereocenters. The summed E-state index contributed by atoms with van der Waals surface area (Å²) >= 11 is 0. The van der Waals surface area contributed by atoms with Crippen LogP contribution in [0.25, 0.3) is 0 Å². The number of carbonyl (C=O) groups excluding carboxylic acids is 3. The van der Waals surface area contributed by atoms with Crippen molar-refractivity contribution in [3.63, 3.8) is 0 Å². The third-order valence-electron chi connectivity index (χ3n) is 6.21. The lowest BCUT2D eigenvalue weighted by Gasteiger charge is -2.33. The second-order valence-corrected chi connectivity index (χ2v) is 8.71. The number of benzene rings is 2. The molecule has 6 heteroatoms. The number of carbonyl (C=O) groups is 3. The largest absolute Gasteiger partial charge is 0.342 e. The molecule has 0 saturated carbocycles. The highest BCUT2D eigenvalue weighted by Gasteiger charge is 2.38. The van der Waals surface area contributed by atoms with Gasteiger partial charge in [-0.2, -0.15) is 0 Å². The van der Waals surface area contributed by atoms with Gasteiger partial charge < -0.3 is 15.1 Å². The zero-order chi connectivity index (χ0) is 22.0. The quantitative estimate of drug-likeness (QED) is 0.824. The third kappa shape index (κ3) is 4.79. The lowest BCUT2D eigenvalue weighted by Crippen LogP contribution is -2.44. The summed E-state index contributed by atoms with van der Waals surface area (Å²) in [5.41, 5.74) is 3.90. The molecular formula is C25H29N3O3. The molecule has 0 aromatic heterocycles. The van der Waals surface area contributed by atoms with Crippen LogP contribution in [-0.2, 0) is 14.4 Å². The Morgan fingerprint density at radius 3 is 2.23 bits per heavy atom. The van der Waals surface area contributed by atoms with Gasteiger partial charge in [-0.05, 0) is 62.1 Å². The minimum atomic E-state index is -0.312. The molecular weight excluding hydrogens is 390 g/mol. The van der Waals surface area contributed by atoms with Gasteiger partial charge in [-0.3, -0.25) is 14.4 Å². The number of amides is 3. The van der Waals surface area contributed by atoms with Crippen molar-refractivity contribution in [2.24, 2.45) is 11.8 Å². The van der Waals surface area contributed by atoms with E-state index in [-0.39, 0.29) is 36.0 Å². The normalized spacial score (nSPS) is 19.5. The fourth-order valence-corrected chi connectivity index (χ4v) is 4.64. The summed E-state index contributed by atoms with van der Waals surface area (Å²) in [5, 5.41) is 3.03. The molecule has 4 rings (SSSR count). The van der Waals surface area contributed by atoms with Gasteiger partial charge in [-0.1, -0.05) is 24.3 Å². The van der Waals surface area contributed by atoms with Gasteiger partial charge in [0.25, 0.3) is 0 Å². The molecule has 2 aliphatic heterocycles. The highest BCUT2D eigenvalue weighted by molar-refractivity contribution is 6.00. The summed E-state index contributed by atoms with van der Waals surface area (Å²) in [6, 6.07) is 15.5. The first-order valence-electron chi connectivity index (χ1n) is 10.9. The number of anilines is 2. The molecule has 162 valence electrons. The van der Waals surface area contributed by atoms with E-state index >= 15 is 0 Å². The van der Waals surface area contributed by atoms with E-state index in [1.165, 1.54) is 0 Å². The Kier molecular flexibility index (Phi) is 6.07. The predicted molar refractivity (Wildman–Crippen MR) is 121 cm³/mol. The van der Waals surface area contributed by atoms with Crippen molar-refractivity contribution in [3.8, 4) is 0 Å². The average molecular weight is 420 g/mol. The number of nitrogens with zero attached hydrogens (tertiary/aromatic N) is 2. The Labute approximate surface area is 183 Å².